The molecule has 1 heterocycles. The van der Waals surface area contributed by atoms with Crippen molar-refractivity contribution in [3.63, 3.8) is 0 Å². The molecule has 0 aromatic rings. The number of carbonyl (C=O) groups is 1. The van der Waals surface area contributed by atoms with Gasteiger partial charge in [-0.15, -0.1) is 0 Å². The van der Waals surface area contributed by atoms with E-state index in [1.54, 1.807) is 0 Å². The first kappa shape index (κ1) is 12.7. The molecule has 1 rings (SSSR count). The number of rotatable bonds is 6. The molecule has 0 aromatic carbocycles. The first-order valence-electron chi connectivity index (χ1n) is 5.30. The minimum Gasteiger partial charge on any atom is -0.350 e. The van der Waals surface area contributed by atoms with Crippen LogP contribution in [0.5, 0.6) is 0 Å². The molecular formula is C11H18N2O3. The predicted octanol–water partition coefficient (Wildman–Crippen LogP) is 1.14. The standard InChI is InChI=1S/C11H18N2O3/c1-3-5-7-15-9-10(13-11(14)12-9)16-8-6-4-2/h3-6,9-10H,7-8H2,1-2H3,(H2,12,13,14)/b5-3+,6-4+/t9-,10-/m1/s1. The molecule has 2 N–H and O–H groups in total. The molecule has 0 unspecified atom stereocenters. The number of hydrogen-bond donors (Lipinski definition) is 2. The van der Waals surface area contributed by atoms with Crippen LogP contribution in [0.2, 0.25) is 0 Å². The Hall–Kier alpha value is -1.33. The minimum atomic E-state index is -0.436. The summed E-state index contributed by atoms with van der Waals surface area (Å²) in [5, 5.41) is 5.27. The molecule has 0 saturated carbocycles. The van der Waals surface area contributed by atoms with Crippen LogP contribution in [0.4, 0.5) is 4.79 Å². The Labute approximate surface area is 95.5 Å². The average molecular weight is 226 g/mol. The third kappa shape index (κ3) is 4.04. The van der Waals surface area contributed by atoms with E-state index in [1.165, 1.54) is 0 Å². The maximum absolute atomic E-state index is 11.1. The highest BCUT2D eigenvalue weighted by Crippen LogP contribution is 2.05. The Morgan fingerprint density at radius 2 is 1.50 bits per heavy atom. The van der Waals surface area contributed by atoms with Gasteiger partial charge in [-0.25, -0.2) is 4.79 Å². The van der Waals surface area contributed by atoms with Crippen molar-refractivity contribution in [1.29, 1.82) is 0 Å². The van der Waals surface area contributed by atoms with Gasteiger partial charge in [-0.1, -0.05) is 24.3 Å². The molecule has 2 amide bonds. The van der Waals surface area contributed by atoms with Gasteiger partial charge >= 0.3 is 6.03 Å². The number of carbonyl (C=O) groups excluding carboxylic acids is 1. The van der Waals surface area contributed by atoms with Gasteiger partial charge in [0.1, 0.15) is 0 Å². The van der Waals surface area contributed by atoms with Crippen molar-refractivity contribution >= 4 is 6.03 Å². The zero-order chi connectivity index (χ0) is 11.8. The van der Waals surface area contributed by atoms with Crippen molar-refractivity contribution < 1.29 is 14.3 Å². The molecule has 0 bridgehead atoms. The fourth-order valence-electron chi connectivity index (χ4n) is 1.22. The van der Waals surface area contributed by atoms with E-state index in [-0.39, 0.29) is 6.03 Å². The second-order valence-corrected chi connectivity index (χ2v) is 3.26. The van der Waals surface area contributed by atoms with E-state index in [2.05, 4.69) is 10.6 Å². The highest BCUT2D eigenvalue weighted by molar-refractivity contribution is 5.76. The number of amides is 2. The van der Waals surface area contributed by atoms with E-state index in [4.69, 9.17) is 9.47 Å². The predicted molar refractivity (Wildman–Crippen MR) is 60.8 cm³/mol. The molecule has 5 heteroatoms. The van der Waals surface area contributed by atoms with E-state index in [0.29, 0.717) is 13.2 Å². The molecule has 0 aliphatic carbocycles. The minimum absolute atomic E-state index is 0.268. The van der Waals surface area contributed by atoms with Gasteiger partial charge in [-0.2, -0.15) is 0 Å². The van der Waals surface area contributed by atoms with Crippen molar-refractivity contribution in [2.75, 3.05) is 13.2 Å². The van der Waals surface area contributed by atoms with Crippen LogP contribution in [-0.2, 0) is 9.47 Å². The first-order valence-corrected chi connectivity index (χ1v) is 5.30. The van der Waals surface area contributed by atoms with Crippen LogP contribution in [0.1, 0.15) is 13.8 Å². The summed E-state index contributed by atoms with van der Waals surface area (Å²) in [6.07, 6.45) is 6.64. The summed E-state index contributed by atoms with van der Waals surface area (Å²) < 4.78 is 10.9. The number of urea groups is 1. The van der Waals surface area contributed by atoms with Crippen LogP contribution in [-0.4, -0.2) is 31.7 Å². The lowest BCUT2D eigenvalue weighted by Gasteiger charge is -2.17. The molecule has 5 nitrogen and oxygen atoms in total. The fraction of sp³-hybridized carbons (Fsp3) is 0.545. The largest absolute Gasteiger partial charge is 0.350 e. The summed E-state index contributed by atoms with van der Waals surface area (Å²) in [5.41, 5.74) is 0. The molecule has 1 fully saturated rings. The van der Waals surface area contributed by atoms with Gasteiger partial charge in [0.25, 0.3) is 0 Å². The molecule has 1 aliphatic heterocycles. The van der Waals surface area contributed by atoms with E-state index in [9.17, 15) is 4.79 Å². The third-order valence-corrected chi connectivity index (χ3v) is 2.04. The quantitative estimate of drug-likeness (QED) is 0.668. The molecule has 0 spiro atoms. The number of allylic oxidation sites excluding steroid dienone is 2. The third-order valence-electron chi connectivity index (χ3n) is 2.04. The summed E-state index contributed by atoms with van der Waals surface area (Å²) >= 11 is 0. The monoisotopic (exact) mass is 226 g/mol. The maximum Gasteiger partial charge on any atom is 0.319 e. The average Bonchev–Trinajstić information content (AvgIpc) is 2.60. The van der Waals surface area contributed by atoms with Crippen LogP contribution in [0.15, 0.2) is 24.3 Å². The highest BCUT2D eigenvalue weighted by Gasteiger charge is 2.32. The summed E-state index contributed by atoms with van der Waals surface area (Å²) in [7, 11) is 0. The number of nitrogens with one attached hydrogen (secondary N) is 2. The van der Waals surface area contributed by atoms with Crippen LogP contribution < -0.4 is 10.6 Å². The Bertz CT molecular complexity index is 250. The van der Waals surface area contributed by atoms with E-state index < -0.39 is 12.5 Å². The molecule has 0 radical (unpaired) electrons. The Morgan fingerprint density at radius 1 is 1.06 bits per heavy atom. The van der Waals surface area contributed by atoms with Crippen LogP contribution in [0.3, 0.4) is 0 Å². The summed E-state index contributed by atoms with van der Waals surface area (Å²) in [6.45, 7) is 4.73. The maximum atomic E-state index is 11.1. The number of hydrogen-bond acceptors (Lipinski definition) is 3. The van der Waals surface area contributed by atoms with Gasteiger partial charge < -0.3 is 20.1 Å². The Kier molecular flexibility index (Phi) is 5.60. The van der Waals surface area contributed by atoms with Gasteiger partial charge in [0.2, 0.25) is 0 Å². The van der Waals surface area contributed by atoms with Gasteiger partial charge in [-0.3, -0.25) is 0 Å². The number of ether oxygens (including phenoxy) is 2. The zero-order valence-corrected chi connectivity index (χ0v) is 9.60. The smallest absolute Gasteiger partial charge is 0.319 e. The SMILES string of the molecule is C/C=C/CO[C@H]1NC(=O)N[C@@H]1OC/C=C/C. The molecule has 1 saturated heterocycles. The molecule has 2 atom stereocenters. The Morgan fingerprint density at radius 3 is 1.88 bits per heavy atom. The molecule has 16 heavy (non-hydrogen) atoms. The summed E-state index contributed by atoms with van der Waals surface area (Å²) in [4.78, 5) is 11.1. The second-order valence-electron chi connectivity index (χ2n) is 3.26. The topological polar surface area (TPSA) is 59.6 Å². The van der Waals surface area contributed by atoms with Crippen molar-refractivity contribution in [2.45, 2.75) is 26.3 Å². The Balaban J connectivity index is 2.36. The van der Waals surface area contributed by atoms with Gasteiger partial charge in [0.15, 0.2) is 12.5 Å². The van der Waals surface area contributed by atoms with E-state index in [0.717, 1.165) is 0 Å². The molecule has 0 aromatic heterocycles. The van der Waals surface area contributed by atoms with Crippen molar-refractivity contribution in [2.24, 2.45) is 0 Å². The van der Waals surface area contributed by atoms with E-state index >= 15 is 0 Å². The lowest BCUT2D eigenvalue weighted by atomic mass is 10.5. The highest BCUT2D eigenvalue weighted by atomic mass is 16.6. The lowest BCUT2D eigenvalue weighted by molar-refractivity contribution is -0.0571. The van der Waals surface area contributed by atoms with Crippen molar-refractivity contribution in [3.05, 3.63) is 24.3 Å². The van der Waals surface area contributed by atoms with Crippen LogP contribution in [0, 0.1) is 0 Å². The van der Waals surface area contributed by atoms with E-state index in [1.807, 2.05) is 38.2 Å². The first-order chi connectivity index (χ1) is 7.77. The molecule has 1 aliphatic rings. The van der Waals surface area contributed by atoms with Gasteiger partial charge in [0, 0.05) is 0 Å². The summed E-state index contributed by atoms with van der Waals surface area (Å²) in [6, 6.07) is -0.268. The molecular weight excluding hydrogens is 208 g/mol. The summed E-state index contributed by atoms with van der Waals surface area (Å²) in [5.74, 6) is 0. The fourth-order valence-corrected chi connectivity index (χ4v) is 1.22. The molecule has 90 valence electrons. The van der Waals surface area contributed by atoms with Crippen LogP contribution in [0.25, 0.3) is 0 Å². The van der Waals surface area contributed by atoms with Crippen LogP contribution >= 0.6 is 0 Å². The van der Waals surface area contributed by atoms with Crippen molar-refractivity contribution in [3.8, 4) is 0 Å². The lowest BCUT2D eigenvalue weighted by Crippen LogP contribution is -2.38. The second kappa shape index (κ2) is 7.03. The van der Waals surface area contributed by atoms with Crippen molar-refractivity contribution in [1.82, 2.24) is 10.6 Å². The normalized spacial score (nSPS) is 25.2. The zero-order valence-electron chi connectivity index (χ0n) is 9.60. The van der Waals surface area contributed by atoms with Gasteiger partial charge in [-0.05, 0) is 13.8 Å². The van der Waals surface area contributed by atoms with Gasteiger partial charge in [0.05, 0.1) is 13.2 Å².